The second-order valence-corrected chi connectivity index (χ2v) is 14.5. The molecule has 0 bridgehead atoms. The summed E-state index contributed by atoms with van der Waals surface area (Å²) < 4.78 is 5.84. The first-order valence-electron chi connectivity index (χ1n) is 21.4. The molecule has 0 spiro atoms. The van der Waals surface area contributed by atoms with Crippen LogP contribution in [0.3, 0.4) is 0 Å². The highest BCUT2D eigenvalue weighted by Crippen LogP contribution is 2.16. The fourth-order valence-electron chi connectivity index (χ4n) is 6.27. The molecule has 0 aliphatic heterocycles. The molecule has 0 rings (SSSR count). The van der Waals surface area contributed by atoms with Crippen LogP contribution in [0.25, 0.3) is 0 Å². The summed E-state index contributed by atoms with van der Waals surface area (Å²) in [5.41, 5.74) is 0. The summed E-state index contributed by atoms with van der Waals surface area (Å²) in [6.45, 7) is 6.27. The lowest BCUT2D eigenvalue weighted by atomic mass is 10.0. The van der Waals surface area contributed by atoms with Gasteiger partial charge in [0.25, 0.3) is 0 Å². The second kappa shape index (κ2) is 39.0. The number of hydrogen-bond acceptors (Lipinski definition) is 5. The summed E-state index contributed by atoms with van der Waals surface area (Å²) in [7, 11) is 0. The number of carbonyl (C=O) groups is 2. The van der Waals surface area contributed by atoms with Crippen molar-refractivity contribution in [3.05, 3.63) is 48.6 Å². The smallest absolute Gasteiger partial charge is 0.306 e. The van der Waals surface area contributed by atoms with Crippen LogP contribution in [0.15, 0.2) is 48.6 Å². The van der Waals surface area contributed by atoms with Crippen molar-refractivity contribution in [2.45, 2.75) is 219 Å². The number of nitrogens with one attached hydrogen (secondary N) is 1. The Kier molecular flexibility index (Phi) is 37.4. The maximum atomic E-state index is 13.1. The third-order valence-corrected chi connectivity index (χ3v) is 9.52. The van der Waals surface area contributed by atoms with Crippen LogP contribution in [-0.4, -0.2) is 46.9 Å². The summed E-state index contributed by atoms with van der Waals surface area (Å²) in [5, 5.41) is 23.5. The van der Waals surface area contributed by atoms with Crippen molar-refractivity contribution in [2.75, 3.05) is 6.61 Å². The molecule has 0 saturated heterocycles. The van der Waals surface area contributed by atoms with Gasteiger partial charge in [-0.15, -0.1) is 0 Å². The fraction of sp³-hybridized carbons (Fsp3) is 0.778. The topological polar surface area (TPSA) is 95.9 Å². The van der Waals surface area contributed by atoms with E-state index in [0.29, 0.717) is 19.3 Å². The van der Waals surface area contributed by atoms with E-state index in [0.717, 1.165) is 57.8 Å². The third kappa shape index (κ3) is 34.7. The number of amides is 1. The molecule has 0 aliphatic carbocycles. The Balaban J connectivity index is 4.70. The van der Waals surface area contributed by atoms with E-state index < -0.39 is 18.2 Å². The molecule has 3 unspecified atom stereocenters. The molecule has 296 valence electrons. The Morgan fingerprint density at radius 2 is 1.06 bits per heavy atom. The van der Waals surface area contributed by atoms with E-state index in [2.05, 4.69) is 38.2 Å². The molecular weight excluding hydrogens is 634 g/mol. The largest absolute Gasteiger partial charge is 0.462 e. The fourth-order valence-corrected chi connectivity index (χ4v) is 6.27. The highest BCUT2D eigenvalue weighted by Gasteiger charge is 2.23. The standard InChI is InChI=1S/C45H81NO5/c1-4-7-10-13-16-19-22-24-27-30-33-36-41(51-45(50)38-35-32-29-26-23-20-17-14-11-8-5-2)39-44(49)46-42(40-47)43(48)37-34-31-28-25-21-18-15-12-9-6-3/h7,10,13,16,19,22,24,27,41-43,47-48H,4-6,8-9,11-12,14-15,17-18,20-21,23,25-26,28-40H2,1-3H3,(H,46,49)/b10-7+,16-13+,22-19-,27-24-. The van der Waals surface area contributed by atoms with E-state index in [1.807, 2.05) is 36.5 Å². The summed E-state index contributed by atoms with van der Waals surface area (Å²) in [6, 6.07) is -0.718. The number of ether oxygens (including phenoxy) is 1. The van der Waals surface area contributed by atoms with Crippen LogP contribution < -0.4 is 5.32 Å². The number of hydrogen-bond donors (Lipinski definition) is 3. The van der Waals surface area contributed by atoms with E-state index in [1.165, 1.54) is 96.3 Å². The lowest BCUT2D eigenvalue weighted by Gasteiger charge is -2.24. The van der Waals surface area contributed by atoms with Crippen LogP contribution in [0.5, 0.6) is 0 Å². The molecule has 0 aromatic rings. The Hall–Kier alpha value is -2.18. The minimum absolute atomic E-state index is 0.0329. The van der Waals surface area contributed by atoms with Crippen LogP contribution in [0.4, 0.5) is 0 Å². The van der Waals surface area contributed by atoms with Crippen LogP contribution >= 0.6 is 0 Å². The molecule has 1 amide bonds. The maximum absolute atomic E-state index is 13.1. The number of esters is 1. The van der Waals surface area contributed by atoms with Gasteiger partial charge in [0.05, 0.1) is 25.2 Å². The van der Waals surface area contributed by atoms with Gasteiger partial charge in [-0.3, -0.25) is 9.59 Å². The van der Waals surface area contributed by atoms with E-state index in [1.54, 1.807) is 0 Å². The molecule has 0 saturated carbocycles. The molecule has 51 heavy (non-hydrogen) atoms. The van der Waals surface area contributed by atoms with E-state index in [4.69, 9.17) is 4.74 Å². The van der Waals surface area contributed by atoms with Crippen molar-refractivity contribution in [2.24, 2.45) is 0 Å². The molecule has 0 heterocycles. The molecule has 0 radical (unpaired) electrons. The molecule has 3 N–H and O–H groups in total. The first-order chi connectivity index (χ1) is 25.0. The van der Waals surface area contributed by atoms with E-state index in [-0.39, 0.29) is 24.9 Å². The molecule has 0 aliphatic rings. The van der Waals surface area contributed by atoms with Gasteiger partial charge >= 0.3 is 5.97 Å². The number of unbranched alkanes of at least 4 members (excludes halogenated alkanes) is 20. The third-order valence-electron chi connectivity index (χ3n) is 9.52. The van der Waals surface area contributed by atoms with Crippen LogP contribution in [0.1, 0.15) is 201 Å². The monoisotopic (exact) mass is 716 g/mol. The van der Waals surface area contributed by atoms with Gasteiger partial charge in [-0.1, -0.05) is 198 Å². The van der Waals surface area contributed by atoms with Gasteiger partial charge in [-0.25, -0.2) is 0 Å². The van der Waals surface area contributed by atoms with Gasteiger partial charge in [0.15, 0.2) is 0 Å². The molecule has 0 aromatic carbocycles. The van der Waals surface area contributed by atoms with Gasteiger partial charge < -0.3 is 20.3 Å². The number of allylic oxidation sites excluding steroid dienone is 8. The van der Waals surface area contributed by atoms with Gasteiger partial charge in [-0.2, -0.15) is 0 Å². The Bertz CT molecular complexity index is 895. The zero-order chi connectivity index (χ0) is 37.5. The first kappa shape index (κ1) is 48.8. The molecule has 6 heteroatoms. The van der Waals surface area contributed by atoms with Crippen LogP contribution in [-0.2, 0) is 14.3 Å². The molecule has 3 atom stereocenters. The van der Waals surface area contributed by atoms with Gasteiger partial charge in [0, 0.05) is 6.42 Å². The van der Waals surface area contributed by atoms with Crippen LogP contribution in [0, 0.1) is 0 Å². The zero-order valence-electron chi connectivity index (χ0n) is 33.5. The van der Waals surface area contributed by atoms with Crippen molar-refractivity contribution in [3.63, 3.8) is 0 Å². The lowest BCUT2D eigenvalue weighted by molar-refractivity contribution is -0.151. The number of rotatable bonds is 37. The van der Waals surface area contributed by atoms with Crippen LogP contribution in [0.2, 0.25) is 0 Å². The predicted molar refractivity (Wildman–Crippen MR) is 218 cm³/mol. The highest BCUT2D eigenvalue weighted by atomic mass is 16.5. The average molecular weight is 716 g/mol. The quantitative estimate of drug-likeness (QED) is 0.0338. The van der Waals surface area contributed by atoms with E-state index >= 15 is 0 Å². The second-order valence-electron chi connectivity index (χ2n) is 14.5. The first-order valence-corrected chi connectivity index (χ1v) is 21.4. The number of aliphatic hydroxyl groups is 2. The van der Waals surface area contributed by atoms with Crippen molar-refractivity contribution in [1.29, 1.82) is 0 Å². The highest BCUT2D eigenvalue weighted by molar-refractivity contribution is 5.77. The number of carbonyl (C=O) groups excluding carboxylic acids is 2. The van der Waals surface area contributed by atoms with Crippen molar-refractivity contribution < 1.29 is 24.5 Å². The summed E-state index contributed by atoms with van der Waals surface area (Å²) in [5.74, 6) is -0.545. The summed E-state index contributed by atoms with van der Waals surface area (Å²) in [6.07, 6.45) is 44.6. The SMILES string of the molecule is CC/C=C/C=C/C=C\C=C/CCCC(CC(=O)NC(CO)C(O)CCCCCCCCCCCC)OC(=O)CCCCCCCCCCCCC. The van der Waals surface area contributed by atoms with Crippen molar-refractivity contribution in [3.8, 4) is 0 Å². The average Bonchev–Trinajstić information content (AvgIpc) is 3.12. The minimum atomic E-state index is -0.800. The van der Waals surface area contributed by atoms with Gasteiger partial charge in [-0.05, 0) is 38.5 Å². The Morgan fingerprint density at radius 3 is 1.57 bits per heavy atom. The van der Waals surface area contributed by atoms with Gasteiger partial charge in [0.1, 0.15) is 6.10 Å². The molecule has 0 fully saturated rings. The maximum Gasteiger partial charge on any atom is 0.306 e. The Morgan fingerprint density at radius 1 is 0.588 bits per heavy atom. The molecule has 6 nitrogen and oxygen atoms in total. The normalized spacial score (nSPS) is 13.9. The predicted octanol–water partition coefficient (Wildman–Crippen LogP) is 11.9. The minimum Gasteiger partial charge on any atom is -0.462 e. The summed E-state index contributed by atoms with van der Waals surface area (Å²) in [4.78, 5) is 25.8. The lowest BCUT2D eigenvalue weighted by Crippen LogP contribution is -2.46. The molecular formula is C45H81NO5. The number of aliphatic hydroxyl groups excluding tert-OH is 2. The molecule has 0 aromatic heterocycles. The van der Waals surface area contributed by atoms with Gasteiger partial charge in [0.2, 0.25) is 5.91 Å². The van der Waals surface area contributed by atoms with E-state index in [9.17, 15) is 19.8 Å². The van der Waals surface area contributed by atoms with Crippen molar-refractivity contribution in [1.82, 2.24) is 5.32 Å². The van der Waals surface area contributed by atoms with Crippen molar-refractivity contribution >= 4 is 11.9 Å². The zero-order valence-corrected chi connectivity index (χ0v) is 33.5. The Labute approximate surface area is 315 Å². The summed E-state index contributed by atoms with van der Waals surface area (Å²) >= 11 is 0.